The molecule has 0 aliphatic heterocycles. The smallest absolute Gasteiger partial charge is 0.163 e. The lowest BCUT2D eigenvalue weighted by atomic mass is 10.1. The number of carbonyl (C=O) groups excluding carboxylic acids is 1. The molecule has 0 atom stereocenters. The van der Waals surface area contributed by atoms with Gasteiger partial charge in [-0.3, -0.25) is 4.79 Å². The maximum Gasteiger partial charge on any atom is 0.163 e. The van der Waals surface area contributed by atoms with Gasteiger partial charge in [0.2, 0.25) is 0 Å². The summed E-state index contributed by atoms with van der Waals surface area (Å²) in [6.45, 7) is 0. The maximum absolute atomic E-state index is 11.9. The molecule has 1 aromatic rings. The minimum Gasteiger partial charge on any atom is -0.490 e. The number of hydrogen-bond donors (Lipinski definition) is 0. The average molecular weight is 216 g/mol. The van der Waals surface area contributed by atoms with Crippen LogP contribution in [0.3, 0.4) is 0 Å². The fourth-order valence-corrected chi connectivity index (χ4v) is 1.82. The van der Waals surface area contributed by atoms with E-state index >= 15 is 0 Å². The van der Waals surface area contributed by atoms with E-state index in [-0.39, 0.29) is 5.78 Å². The van der Waals surface area contributed by atoms with Crippen LogP contribution in [0.5, 0.6) is 5.75 Å². The highest BCUT2D eigenvalue weighted by atomic mass is 16.5. The molecule has 0 unspecified atom stereocenters. The predicted octanol–water partition coefficient (Wildman–Crippen LogP) is 3.21. The molecular formula is C14H16O2. The van der Waals surface area contributed by atoms with Crippen LogP contribution in [0.15, 0.2) is 24.3 Å². The Balaban J connectivity index is 1.69. The first-order chi connectivity index (χ1) is 7.81. The SMILES string of the molecule is O=C(CC1CC1)c1cccc(OC2CC2)c1. The Morgan fingerprint density at radius 2 is 2.06 bits per heavy atom. The summed E-state index contributed by atoms with van der Waals surface area (Å²) in [5, 5.41) is 0. The van der Waals surface area contributed by atoms with Gasteiger partial charge in [0.15, 0.2) is 5.78 Å². The summed E-state index contributed by atoms with van der Waals surface area (Å²) in [5.41, 5.74) is 0.810. The van der Waals surface area contributed by atoms with Crippen LogP contribution in [-0.2, 0) is 0 Å². The highest BCUT2D eigenvalue weighted by molar-refractivity contribution is 5.96. The summed E-state index contributed by atoms with van der Waals surface area (Å²) in [5.74, 6) is 1.77. The van der Waals surface area contributed by atoms with Crippen LogP contribution in [0.2, 0.25) is 0 Å². The molecule has 0 aromatic heterocycles. The van der Waals surface area contributed by atoms with E-state index in [0.717, 1.165) is 24.2 Å². The van der Waals surface area contributed by atoms with Gasteiger partial charge in [-0.05, 0) is 43.7 Å². The fourth-order valence-electron chi connectivity index (χ4n) is 1.82. The van der Waals surface area contributed by atoms with Gasteiger partial charge in [-0.15, -0.1) is 0 Å². The average Bonchev–Trinajstić information content (AvgIpc) is 3.14. The largest absolute Gasteiger partial charge is 0.490 e. The highest BCUT2D eigenvalue weighted by Gasteiger charge is 2.26. The molecule has 0 amide bonds. The van der Waals surface area contributed by atoms with E-state index < -0.39 is 0 Å². The summed E-state index contributed by atoms with van der Waals surface area (Å²) in [4.78, 5) is 11.9. The van der Waals surface area contributed by atoms with Gasteiger partial charge in [0.25, 0.3) is 0 Å². The van der Waals surface area contributed by atoms with Crippen LogP contribution >= 0.6 is 0 Å². The number of ether oxygens (including phenoxy) is 1. The number of benzene rings is 1. The lowest BCUT2D eigenvalue weighted by Gasteiger charge is -2.06. The standard InChI is InChI=1S/C14H16O2/c15-14(8-10-4-5-10)11-2-1-3-13(9-11)16-12-6-7-12/h1-3,9-10,12H,4-8H2. The number of Topliss-reactive ketones (excluding diaryl/α,β-unsaturated/α-hetero) is 1. The molecule has 0 saturated heterocycles. The van der Waals surface area contributed by atoms with Crippen LogP contribution in [0.25, 0.3) is 0 Å². The summed E-state index contributed by atoms with van der Waals surface area (Å²) in [7, 11) is 0. The van der Waals surface area contributed by atoms with Gasteiger partial charge >= 0.3 is 0 Å². The lowest BCUT2D eigenvalue weighted by molar-refractivity contribution is 0.0975. The third-order valence-corrected chi connectivity index (χ3v) is 3.15. The molecule has 0 radical (unpaired) electrons. The van der Waals surface area contributed by atoms with Crippen molar-refractivity contribution in [1.82, 2.24) is 0 Å². The summed E-state index contributed by atoms with van der Waals surface area (Å²) in [6, 6.07) is 7.64. The lowest BCUT2D eigenvalue weighted by Crippen LogP contribution is -2.02. The first-order valence-electron chi connectivity index (χ1n) is 6.11. The second-order valence-electron chi connectivity index (χ2n) is 4.92. The van der Waals surface area contributed by atoms with Crippen molar-refractivity contribution in [2.75, 3.05) is 0 Å². The molecule has 0 heterocycles. The summed E-state index contributed by atoms with van der Waals surface area (Å²) >= 11 is 0. The van der Waals surface area contributed by atoms with Crippen molar-refractivity contribution in [3.8, 4) is 5.75 Å². The van der Waals surface area contributed by atoms with Gasteiger partial charge in [0.05, 0.1) is 6.10 Å². The minimum absolute atomic E-state index is 0.267. The summed E-state index contributed by atoms with van der Waals surface area (Å²) in [6.07, 6.45) is 5.87. The van der Waals surface area contributed by atoms with Crippen molar-refractivity contribution in [2.24, 2.45) is 5.92 Å². The number of hydrogen-bond acceptors (Lipinski definition) is 2. The van der Waals surface area contributed by atoms with E-state index in [0.29, 0.717) is 18.4 Å². The third kappa shape index (κ3) is 2.43. The molecule has 0 spiro atoms. The van der Waals surface area contributed by atoms with Crippen molar-refractivity contribution in [3.05, 3.63) is 29.8 Å². The molecule has 2 aliphatic carbocycles. The molecule has 1 aromatic carbocycles. The normalized spacial score (nSPS) is 19.5. The van der Waals surface area contributed by atoms with E-state index in [1.54, 1.807) is 0 Å². The van der Waals surface area contributed by atoms with Crippen LogP contribution in [0.4, 0.5) is 0 Å². The maximum atomic E-state index is 11.9. The van der Waals surface area contributed by atoms with Crippen molar-refractivity contribution in [1.29, 1.82) is 0 Å². The predicted molar refractivity (Wildman–Crippen MR) is 61.8 cm³/mol. The van der Waals surface area contributed by atoms with E-state index in [1.807, 2.05) is 24.3 Å². The first-order valence-corrected chi connectivity index (χ1v) is 6.11. The molecule has 0 N–H and O–H groups in total. The van der Waals surface area contributed by atoms with Crippen LogP contribution in [-0.4, -0.2) is 11.9 Å². The molecule has 2 nitrogen and oxygen atoms in total. The topological polar surface area (TPSA) is 26.3 Å². The highest BCUT2D eigenvalue weighted by Crippen LogP contribution is 2.34. The van der Waals surface area contributed by atoms with E-state index in [2.05, 4.69) is 0 Å². The zero-order valence-electron chi connectivity index (χ0n) is 9.32. The molecule has 3 rings (SSSR count). The second kappa shape index (κ2) is 3.93. The van der Waals surface area contributed by atoms with E-state index in [4.69, 9.17) is 4.74 Å². The molecule has 0 bridgehead atoms. The molecule has 2 aliphatic rings. The van der Waals surface area contributed by atoms with Crippen molar-refractivity contribution >= 4 is 5.78 Å². The van der Waals surface area contributed by atoms with Gasteiger partial charge in [-0.1, -0.05) is 12.1 Å². The molecule has 2 heteroatoms. The molecule has 84 valence electrons. The molecule has 16 heavy (non-hydrogen) atoms. The van der Waals surface area contributed by atoms with Gasteiger partial charge in [0.1, 0.15) is 5.75 Å². The monoisotopic (exact) mass is 216 g/mol. The zero-order chi connectivity index (χ0) is 11.0. The fraction of sp³-hybridized carbons (Fsp3) is 0.500. The Morgan fingerprint density at radius 1 is 1.25 bits per heavy atom. The third-order valence-electron chi connectivity index (χ3n) is 3.15. The number of ketones is 1. The van der Waals surface area contributed by atoms with Crippen molar-refractivity contribution in [3.63, 3.8) is 0 Å². The van der Waals surface area contributed by atoms with Crippen molar-refractivity contribution < 1.29 is 9.53 Å². The van der Waals surface area contributed by atoms with Gasteiger partial charge in [-0.2, -0.15) is 0 Å². The molecule has 2 fully saturated rings. The van der Waals surface area contributed by atoms with Crippen LogP contribution in [0.1, 0.15) is 42.5 Å². The quantitative estimate of drug-likeness (QED) is 0.706. The zero-order valence-corrected chi connectivity index (χ0v) is 9.32. The van der Waals surface area contributed by atoms with Gasteiger partial charge < -0.3 is 4.74 Å². The Hall–Kier alpha value is -1.31. The molecular weight excluding hydrogens is 200 g/mol. The Labute approximate surface area is 95.6 Å². The Morgan fingerprint density at radius 3 is 2.75 bits per heavy atom. The van der Waals surface area contributed by atoms with Gasteiger partial charge in [-0.25, -0.2) is 0 Å². The summed E-state index contributed by atoms with van der Waals surface area (Å²) < 4.78 is 5.68. The Kier molecular flexibility index (Phi) is 2.43. The van der Waals surface area contributed by atoms with Crippen LogP contribution in [0, 0.1) is 5.92 Å². The Bertz CT molecular complexity index is 403. The van der Waals surface area contributed by atoms with Crippen LogP contribution < -0.4 is 4.74 Å². The molecule has 2 saturated carbocycles. The second-order valence-corrected chi connectivity index (χ2v) is 4.92. The van der Waals surface area contributed by atoms with E-state index in [9.17, 15) is 4.79 Å². The number of carbonyl (C=O) groups is 1. The van der Waals surface area contributed by atoms with Gasteiger partial charge in [0, 0.05) is 12.0 Å². The van der Waals surface area contributed by atoms with Crippen molar-refractivity contribution in [2.45, 2.75) is 38.2 Å². The first kappa shape index (κ1) is 9.88. The van der Waals surface area contributed by atoms with E-state index in [1.165, 1.54) is 12.8 Å². The minimum atomic E-state index is 0.267. The number of rotatable bonds is 5.